The van der Waals surface area contributed by atoms with Gasteiger partial charge in [0.2, 0.25) is 0 Å². The number of carbonyl (C=O) groups is 1. The minimum absolute atomic E-state index is 0.0183. The lowest BCUT2D eigenvalue weighted by atomic mass is 10.3. The second-order valence-corrected chi connectivity index (χ2v) is 8.62. The molecule has 0 bridgehead atoms. The van der Waals surface area contributed by atoms with Crippen molar-refractivity contribution in [1.82, 2.24) is 14.6 Å². The van der Waals surface area contributed by atoms with Crippen LogP contribution in [0.2, 0.25) is 0 Å². The Bertz CT molecular complexity index is 1140. The maximum Gasteiger partial charge on any atom is 0.459 e. The van der Waals surface area contributed by atoms with Crippen LogP contribution in [0.25, 0.3) is 6.20 Å². The van der Waals surface area contributed by atoms with Gasteiger partial charge in [0.05, 0.1) is 13.7 Å². The van der Waals surface area contributed by atoms with E-state index in [0.29, 0.717) is 12.2 Å². The Morgan fingerprint density at radius 2 is 2.10 bits per heavy atom. The number of aromatic nitrogens is 2. The predicted octanol–water partition coefficient (Wildman–Crippen LogP) is 1.33. The first kappa shape index (κ1) is 22.5. The molecule has 0 aliphatic heterocycles. The SMILES string of the molecule is COC(=O)C(C)NP(=O)(OC[C@@H]1C/C1=C\n1cc(N)c(=O)[nH]c1=O)Oc1ccccc1. The normalized spacial score (nSPS) is 19.4. The zero-order valence-electron chi connectivity index (χ0n) is 16.9. The number of nitrogens with zero attached hydrogens (tertiary/aromatic N) is 1. The number of hydrogen-bond acceptors (Lipinski definition) is 8. The minimum Gasteiger partial charge on any atom is -0.468 e. The van der Waals surface area contributed by atoms with E-state index in [4.69, 9.17) is 14.8 Å². The number of nitrogen functional groups attached to an aromatic ring is 1. The van der Waals surface area contributed by atoms with Gasteiger partial charge in [-0.05, 0) is 31.1 Å². The molecule has 1 aliphatic rings. The van der Waals surface area contributed by atoms with Gasteiger partial charge in [-0.2, -0.15) is 5.09 Å². The Hall–Kier alpha value is -3.14. The van der Waals surface area contributed by atoms with E-state index in [1.807, 2.05) is 0 Å². The summed E-state index contributed by atoms with van der Waals surface area (Å²) in [5, 5.41) is 2.57. The van der Waals surface area contributed by atoms with Gasteiger partial charge in [0.1, 0.15) is 17.5 Å². The topological polar surface area (TPSA) is 155 Å². The number of ether oxygens (including phenoxy) is 1. The Labute approximate surface area is 177 Å². The standard InChI is InChI=1S/C19H23N4O7P/c1-12(18(25)28-2)22-31(27,30-15-6-4-3-5-7-15)29-11-14-8-13(14)9-23-10-16(20)17(24)21-19(23)26/h3-7,9-10,12,14H,8,11,20H2,1-2H3,(H,22,27)(H,21,24,26)/b13-9+/t12?,14-,31?/m0/s1. The lowest BCUT2D eigenvalue weighted by Gasteiger charge is -2.22. The highest BCUT2D eigenvalue weighted by Gasteiger charge is 2.37. The number of methoxy groups -OCH3 is 1. The van der Waals surface area contributed by atoms with Crippen molar-refractivity contribution >= 4 is 25.6 Å². The van der Waals surface area contributed by atoms with Crippen LogP contribution >= 0.6 is 7.75 Å². The molecule has 0 amide bonds. The molecule has 11 nitrogen and oxygen atoms in total. The van der Waals surface area contributed by atoms with Gasteiger partial charge in [-0.25, -0.2) is 9.36 Å². The molecule has 0 saturated heterocycles. The number of benzene rings is 1. The summed E-state index contributed by atoms with van der Waals surface area (Å²) in [7, 11) is -2.71. The van der Waals surface area contributed by atoms with Gasteiger partial charge >= 0.3 is 19.4 Å². The number of aromatic amines is 1. The first-order chi connectivity index (χ1) is 14.7. The molecule has 1 aliphatic carbocycles. The number of H-pyrrole nitrogens is 1. The first-order valence-corrected chi connectivity index (χ1v) is 10.9. The molecule has 31 heavy (non-hydrogen) atoms. The number of hydrogen-bond donors (Lipinski definition) is 3. The summed E-state index contributed by atoms with van der Waals surface area (Å²) in [6.45, 7) is 1.50. The Kier molecular flexibility index (Phi) is 6.79. The number of esters is 1. The fourth-order valence-electron chi connectivity index (χ4n) is 2.69. The Morgan fingerprint density at radius 1 is 1.39 bits per heavy atom. The van der Waals surface area contributed by atoms with Gasteiger partial charge in [0.25, 0.3) is 5.56 Å². The van der Waals surface area contributed by atoms with Crippen molar-refractivity contribution < 1.29 is 23.1 Å². The molecule has 166 valence electrons. The number of nitrogens with two attached hydrogens (primary N) is 1. The van der Waals surface area contributed by atoms with Crippen LogP contribution in [-0.4, -0.2) is 35.3 Å². The summed E-state index contributed by atoms with van der Waals surface area (Å²) in [6, 6.07) is 7.47. The van der Waals surface area contributed by atoms with Crippen LogP contribution in [0, 0.1) is 5.92 Å². The number of anilines is 1. The third-order valence-electron chi connectivity index (χ3n) is 4.47. The van der Waals surface area contributed by atoms with E-state index in [-0.39, 0.29) is 18.2 Å². The number of nitrogens with one attached hydrogen (secondary N) is 2. The second kappa shape index (κ2) is 9.34. The van der Waals surface area contributed by atoms with Crippen LogP contribution in [-0.2, 0) is 18.6 Å². The van der Waals surface area contributed by atoms with E-state index >= 15 is 0 Å². The van der Waals surface area contributed by atoms with Gasteiger partial charge in [-0.1, -0.05) is 18.2 Å². The summed E-state index contributed by atoms with van der Waals surface area (Å²) in [4.78, 5) is 37.1. The summed E-state index contributed by atoms with van der Waals surface area (Å²) in [5.41, 5.74) is 5.00. The van der Waals surface area contributed by atoms with Crippen molar-refractivity contribution in [3.8, 4) is 5.75 Å². The van der Waals surface area contributed by atoms with E-state index in [0.717, 1.165) is 5.57 Å². The first-order valence-electron chi connectivity index (χ1n) is 9.37. The third-order valence-corrected chi connectivity index (χ3v) is 6.11. The molecule has 0 radical (unpaired) electrons. The van der Waals surface area contributed by atoms with Crippen LogP contribution in [0.4, 0.5) is 5.69 Å². The highest BCUT2D eigenvalue weighted by Crippen LogP contribution is 2.48. The fraction of sp³-hybridized carbons (Fsp3) is 0.316. The van der Waals surface area contributed by atoms with Gasteiger partial charge in [0.15, 0.2) is 0 Å². The van der Waals surface area contributed by atoms with Crippen molar-refractivity contribution in [1.29, 1.82) is 0 Å². The van der Waals surface area contributed by atoms with Gasteiger partial charge in [-0.3, -0.25) is 23.7 Å². The molecular formula is C19H23N4O7P. The van der Waals surface area contributed by atoms with Gasteiger partial charge in [0, 0.05) is 18.3 Å². The summed E-state index contributed by atoms with van der Waals surface area (Å²) >= 11 is 0. The monoisotopic (exact) mass is 450 g/mol. The highest BCUT2D eigenvalue weighted by molar-refractivity contribution is 7.52. The van der Waals surface area contributed by atoms with Crippen LogP contribution in [0.5, 0.6) is 5.75 Å². The highest BCUT2D eigenvalue weighted by atomic mass is 31.2. The maximum absolute atomic E-state index is 13.3. The van der Waals surface area contributed by atoms with E-state index in [9.17, 15) is 18.9 Å². The molecule has 1 fully saturated rings. The van der Waals surface area contributed by atoms with Gasteiger partial charge < -0.3 is 15.0 Å². The van der Waals surface area contributed by atoms with Crippen LogP contribution < -0.4 is 26.6 Å². The number of carbonyl (C=O) groups excluding carboxylic acids is 1. The third kappa shape index (κ3) is 5.94. The van der Waals surface area contributed by atoms with Crippen LogP contribution in [0.1, 0.15) is 13.3 Å². The lowest BCUT2D eigenvalue weighted by molar-refractivity contribution is -0.142. The predicted molar refractivity (Wildman–Crippen MR) is 113 cm³/mol. The van der Waals surface area contributed by atoms with Crippen molar-refractivity contribution in [2.75, 3.05) is 19.5 Å². The summed E-state index contributed by atoms with van der Waals surface area (Å²) in [6.07, 6.45) is 3.35. The molecule has 2 unspecified atom stereocenters. The van der Waals surface area contributed by atoms with Crippen LogP contribution in [0.15, 0.2) is 51.7 Å². The Balaban J connectivity index is 1.70. The second-order valence-electron chi connectivity index (χ2n) is 6.93. The van der Waals surface area contributed by atoms with Crippen LogP contribution in [0.3, 0.4) is 0 Å². The molecule has 3 atom stereocenters. The minimum atomic E-state index is -3.93. The van der Waals surface area contributed by atoms with E-state index < -0.39 is 31.0 Å². The van der Waals surface area contributed by atoms with E-state index in [1.54, 1.807) is 30.3 Å². The van der Waals surface area contributed by atoms with Crippen molar-refractivity contribution in [3.05, 3.63) is 62.9 Å². The molecule has 0 spiro atoms. The van der Waals surface area contributed by atoms with Crippen molar-refractivity contribution in [2.24, 2.45) is 5.92 Å². The van der Waals surface area contributed by atoms with E-state index in [2.05, 4.69) is 14.8 Å². The average molecular weight is 450 g/mol. The molecule has 1 saturated carbocycles. The van der Waals surface area contributed by atoms with E-state index in [1.165, 1.54) is 31.0 Å². The quantitative estimate of drug-likeness (QED) is 0.379. The molecule has 1 aromatic heterocycles. The molecular weight excluding hydrogens is 427 g/mol. The zero-order valence-corrected chi connectivity index (χ0v) is 17.8. The fourth-order valence-corrected chi connectivity index (χ4v) is 4.23. The molecule has 3 rings (SSSR count). The molecule has 1 heterocycles. The zero-order chi connectivity index (χ0) is 22.6. The smallest absolute Gasteiger partial charge is 0.459 e. The molecule has 4 N–H and O–H groups in total. The largest absolute Gasteiger partial charge is 0.468 e. The number of rotatable bonds is 9. The van der Waals surface area contributed by atoms with Crippen molar-refractivity contribution in [2.45, 2.75) is 19.4 Å². The molecule has 1 aromatic carbocycles. The molecule has 2 aromatic rings. The number of para-hydroxylation sites is 1. The average Bonchev–Trinajstić information content (AvgIpc) is 3.48. The van der Waals surface area contributed by atoms with Crippen molar-refractivity contribution in [3.63, 3.8) is 0 Å². The summed E-state index contributed by atoms with van der Waals surface area (Å²) < 4.78 is 30.2. The summed E-state index contributed by atoms with van der Waals surface area (Å²) in [5.74, 6) is -0.442. The Morgan fingerprint density at radius 3 is 2.77 bits per heavy atom. The van der Waals surface area contributed by atoms with Gasteiger partial charge in [-0.15, -0.1) is 0 Å². The molecule has 12 heteroatoms. The maximum atomic E-state index is 13.3. The lowest BCUT2D eigenvalue weighted by Crippen LogP contribution is -2.34.